The van der Waals surface area contributed by atoms with E-state index in [9.17, 15) is 0 Å². The molecule has 1 saturated heterocycles. The maximum absolute atomic E-state index is 3.80. The van der Waals surface area contributed by atoms with E-state index in [1.807, 2.05) is 11.8 Å². The Morgan fingerprint density at radius 3 is 2.67 bits per heavy atom. The highest BCUT2D eigenvalue weighted by molar-refractivity contribution is 7.98. The fraction of sp³-hybridized carbons (Fsp3) is 1.00. The molecule has 2 aliphatic rings. The minimum atomic E-state index is 0.434. The molecule has 0 amide bonds. The van der Waals surface area contributed by atoms with Crippen molar-refractivity contribution in [3.05, 3.63) is 0 Å². The molecule has 1 aliphatic heterocycles. The zero-order valence-corrected chi connectivity index (χ0v) is 13.4. The average Bonchev–Trinajstić information content (AvgIpc) is 3.15. The van der Waals surface area contributed by atoms with Gasteiger partial charge in [0.2, 0.25) is 0 Å². The topological polar surface area (TPSA) is 15.3 Å². The lowest BCUT2D eigenvalue weighted by Crippen LogP contribution is -2.65. The number of thioether (sulfide) groups is 1. The molecule has 1 heterocycles. The van der Waals surface area contributed by atoms with Crippen molar-refractivity contribution >= 4 is 11.8 Å². The lowest BCUT2D eigenvalue weighted by atomic mass is 9.87. The first-order chi connectivity index (χ1) is 8.58. The second-order valence-corrected chi connectivity index (χ2v) is 7.64. The first-order valence-electron chi connectivity index (χ1n) is 7.55. The molecule has 2 rings (SSSR count). The van der Waals surface area contributed by atoms with E-state index in [0.717, 1.165) is 11.8 Å². The minimum absolute atomic E-state index is 0.434. The van der Waals surface area contributed by atoms with Gasteiger partial charge in [-0.05, 0) is 56.6 Å². The number of nitrogens with zero attached hydrogens (tertiary/aromatic N) is 1. The van der Waals surface area contributed by atoms with Gasteiger partial charge in [-0.15, -0.1) is 0 Å². The van der Waals surface area contributed by atoms with Crippen molar-refractivity contribution in [3.63, 3.8) is 0 Å². The Morgan fingerprint density at radius 2 is 2.11 bits per heavy atom. The van der Waals surface area contributed by atoms with Crippen LogP contribution in [0.4, 0.5) is 0 Å². The summed E-state index contributed by atoms with van der Waals surface area (Å²) in [7, 11) is 0. The average molecular weight is 270 g/mol. The molecule has 2 unspecified atom stereocenters. The molecule has 0 aromatic rings. The molecule has 0 aromatic heterocycles. The van der Waals surface area contributed by atoms with E-state index in [2.05, 4.69) is 37.2 Å². The third-order valence-electron chi connectivity index (χ3n) is 4.90. The van der Waals surface area contributed by atoms with Crippen molar-refractivity contribution in [1.82, 2.24) is 10.2 Å². The molecule has 2 atom stereocenters. The molecule has 0 spiro atoms. The summed E-state index contributed by atoms with van der Waals surface area (Å²) in [5.41, 5.74) is 0.434. The van der Waals surface area contributed by atoms with Crippen LogP contribution in [0, 0.1) is 11.8 Å². The fourth-order valence-electron chi connectivity index (χ4n) is 3.26. The van der Waals surface area contributed by atoms with Gasteiger partial charge in [0.25, 0.3) is 0 Å². The molecule has 2 fully saturated rings. The first kappa shape index (κ1) is 14.7. The van der Waals surface area contributed by atoms with Gasteiger partial charge in [-0.2, -0.15) is 11.8 Å². The van der Waals surface area contributed by atoms with E-state index in [1.54, 1.807) is 0 Å². The van der Waals surface area contributed by atoms with E-state index in [-0.39, 0.29) is 0 Å². The van der Waals surface area contributed by atoms with Crippen LogP contribution in [-0.2, 0) is 0 Å². The molecule has 0 radical (unpaired) electrons. The molecule has 1 saturated carbocycles. The SMILES string of the molecule is CSCCCN1CC(C(C)C)NCC1(C)C1CC1. The van der Waals surface area contributed by atoms with Crippen molar-refractivity contribution in [2.75, 3.05) is 31.6 Å². The zero-order valence-electron chi connectivity index (χ0n) is 12.5. The van der Waals surface area contributed by atoms with Gasteiger partial charge in [0.15, 0.2) is 0 Å². The fourth-order valence-corrected chi connectivity index (χ4v) is 3.68. The van der Waals surface area contributed by atoms with Gasteiger partial charge in [0.1, 0.15) is 0 Å². The smallest absolute Gasteiger partial charge is 0.0334 e. The molecular weight excluding hydrogens is 240 g/mol. The highest BCUT2D eigenvalue weighted by Gasteiger charge is 2.48. The summed E-state index contributed by atoms with van der Waals surface area (Å²) >= 11 is 1.98. The van der Waals surface area contributed by atoms with Crippen molar-refractivity contribution in [2.45, 2.75) is 51.6 Å². The summed E-state index contributed by atoms with van der Waals surface area (Å²) in [5, 5.41) is 3.80. The summed E-state index contributed by atoms with van der Waals surface area (Å²) in [4.78, 5) is 2.81. The Labute approximate surface area is 117 Å². The number of hydrogen-bond acceptors (Lipinski definition) is 3. The Bertz CT molecular complexity index is 265. The van der Waals surface area contributed by atoms with Crippen molar-refractivity contribution in [2.24, 2.45) is 11.8 Å². The van der Waals surface area contributed by atoms with Crippen LogP contribution >= 0.6 is 11.8 Å². The van der Waals surface area contributed by atoms with Crippen molar-refractivity contribution < 1.29 is 0 Å². The van der Waals surface area contributed by atoms with Gasteiger partial charge in [0.05, 0.1) is 0 Å². The predicted octanol–water partition coefficient (Wildman–Crippen LogP) is 2.84. The maximum Gasteiger partial charge on any atom is 0.0334 e. The van der Waals surface area contributed by atoms with Gasteiger partial charge in [-0.3, -0.25) is 4.90 Å². The molecule has 1 N–H and O–H groups in total. The van der Waals surface area contributed by atoms with Gasteiger partial charge in [0, 0.05) is 24.7 Å². The molecule has 18 heavy (non-hydrogen) atoms. The van der Waals surface area contributed by atoms with Crippen LogP contribution in [0.25, 0.3) is 0 Å². The van der Waals surface area contributed by atoms with E-state index in [0.29, 0.717) is 11.6 Å². The first-order valence-corrected chi connectivity index (χ1v) is 8.94. The molecule has 0 bridgehead atoms. The van der Waals surface area contributed by atoms with Crippen LogP contribution < -0.4 is 5.32 Å². The second kappa shape index (κ2) is 6.15. The van der Waals surface area contributed by atoms with Crippen LogP contribution in [0.1, 0.15) is 40.0 Å². The summed E-state index contributed by atoms with van der Waals surface area (Å²) < 4.78 is 0. The monoisotopic (exact) mass is 270 g/mol. The van der Waals surface area contributed by atoms with Crippen molar-refractivity contribution in [3.8, 4) is 0 Å². The van der Waals surface area contributed by atoms with Crippen LogP contribution in [0.3, 0.4) is 0 Å². The van der Waals surface area contributed by atoms with Gasteiger partial charge in [-0.1, -0.05) is 13.8 Å². The van der Waals surface area contributed by atoms with E-state index >= 15 is 0 Å². The molecule has 3 heteroatoms. The molecule has 106 valence electrons. The molecule has 0 aromatic carbocycles. The molecule has 1 aliphatic carbocycles. The summed E-state index contributed by atoms with van der Waals surface area (Å²) in [6.45, 7) is 10.9. The highest BCUT2D eigenvalue weighted by Crippen LogP contribution is 2.44. The predicted molar refractivity (Wildman–Crippen MR) is 82.3 cm³/mol. The molecule has 2 nitrogen and oxygen atoms in total. The molecular formula is C15H30N2S. The Kier molecular flexibility index (Phi) is 5.01. The largest absolute Gasteiger partial charge is 0.311 e. The number of piperazine rings is 1. The number of hydrogen-bond donors (Lipinski definition) is 1. The summed E-state index contributed by atoms with van der Waals surface area (Å²) in [6, 6.07) is 0.686. The zero-order chi connectivity index (χ0) is 13.2. The van der Waals surface area contributed by atoms with Crippen LogP contribution in [0.2, 0.25) is 0 Å². The van der Waals surface area contributed by atoms with Crippen LogP contribution in [0.5, 0.6) is 0 Å². The summed E-state index contributed by atoms with van der Waals surface area (Å²) in [5.74, 6) is 3.00. The lowest BCUT2D eigenvalue weighted by Gasteiger charge is -2.49. The summed E-state index contributed by atoms with van der Waals surface area (Å²) in [6.07, 6.45) is 6.45. The van der Waals surface area contributed by atoms with Crippen molar-refractivity contribution in [1.29, 1.82) is 0 Å². The highest BCUT2D eigenvalue weighted by atomic mass is 32.2. The van der Waals surface area contributed by atoms with E-state index in [4.69, 9.17) is 0 Å². The van der Waals surface area contributed by atoms with Gasteiger partial charge in [-0.25, -0.2) is 0 Å². The Morgan fingerprint density at radius 1 is 1.39 bits per heavy atom. The quantitative estimate of drug-likeness (QED) is 0.747. The lowest BCUT2D eigenvalue weighted by molar-refractivity contribution is 0.0259. The van der Waals surface area contributed by atoms with E-state index < -0.39 is 0 Å². The minimum Gasteiger partial charge on any atom is -0.311 e. The third-order valence-corrected chi connectivity index (χ3v) is 5.60. The maximum atomic E-state index is 3.80. The standard InChI is InChI=1S/C15H30N2S/c1-12(2)14-10-17(8-5-9-18-4)15(3,11-16-14)13-6-7-13/h12-14,16H,5-11H2,1-4H3. The third kappa shape index (κ3) is 3.23. The number of rotatable bonds is 6. The Balaban J connectivity index is 1.96. The Hall–Kier alpha value is 0.270. The normalized spacial score (nSPS) is 34.2. The van der Waals surface area contributed by atoms with Gasteiger partial charge >= 0.3 is 0 Å². The second-order valence-electron chi connectivity index (χ2n) is 6.66. The van der Waals surface area contributed by atoms with E-state index in [1.165, 1.54) is 44.6 Å². The van der Waals surface area contributed by atoms with Crippen LogP contribution in [0.15, 0.2) is 0 Å². The van der Waals surface area contributed by atoms with Crippen LogP contribution in [-0.4, -0.2) is 48.1 Å². The number of nitrogens with one attached hydrogen (secondary N) is 1. The van der Waals surface area contributed by atoms with Gasteiger partial charge < -0.3 is 5.32 Å².